The molecule has 2 N–H and O–H groups in total. The van der Waals surface area contributed by atoms with Gasteiger partial charge in [0.2, 0.25) is 0 Å². The van der Waals surface area contributed by atoms with Gasteiger partial charge in [0, 0.05) is 5.70 Å². The lowest BCUT2D eigenvalue weighted by Gasteiger charge is -2.27. The maximum absolute atomic E-state index is 11.3. The summed E-state index contributed by atoms with van der Waals surface area (Å²) in [5, 5.41) is 5.66. The Kier molecular flexibility index (Phi) is 2.46. The van der Waals surface area contributed by atoms with Gasteiger partial charge >= 0.3 is 6.03 Å². The molecule has 1 heterocycles. The molecule has 1 aromatic carbocycles. The number of urea groups is 1. The Hall–Kier alpha value is -1.77. The van der Waals surface area contributed by atoms with Crippen LogP contribution in [-0.2, 0) is 0 Å². The lowest BCUT2D eigenvalue weighted by Crippen LogP contribution is -2.42. The van der Waals surface area contributed by atoms with E-state index in [1.807, 2.05) is 44.2 Å². The van der Waals surface area contributed by atoms with Crippen LogP contribution in [-0.4, -0.2) is 6.03 Å². The van der Waals surface area contributed by atoms with E-state index in [0.29, 0.717) is 0 Å². The maximum atomic E-state index is 11.3. The smallest absolute Gasteiger partial charge is 0.319 e. The van der Waals surface area contributed by atoms with E-state index in [2.05, 4.69) is 10.6 Å². The van der Waals surface area contributed by atoms with E-state index in [4.69, 9.17) is 0 Å². The summed E-state index contributed by atoms with van der Waals surface area (Å²) < 4.78 is 0. The fourth-order valence-corrected chi connectivity index (χ4v) is 1.74. The molecule has 0 aliphatic carbocycles. The van der Waals surface area contributed by atoms with Gasteiger partial charge in [-0.3, -0.25) is 0 Å². The SMILES string of the molecule is CC1=C(C)C(c2ccccc2)NC(=O)N1. The molecule has 15 heavy (non-hydrogen) atoms. The fourth-order valence-electron chi connectivity index (χ4n) is 1.74. The molecule has 0 spiro atoms. The average molecular weight is 202 g/mol. The van der Waals surface area contributed by atoms with E-state index >= 15 is 0 Å². The normalized spacial score (nSPS) is 20.9. The molecule has 1 aliphatic rings. The molecule has 1 aromatic rings. The minimum Gasteiger partial charge on any atom is -0.327 e. The second-order valence-electron chi connectivity index (χ2n) is 3.75. The van der Waals surface area contributed by atoms with E-state index in [-0.39, 0.29) is 12.1 Å². The summed E-state index contributed by atoms with van der Waals surface area (Å²) in [6.45, 7) is 3.95. The number of carbonyl (C=O) groups is 1. The zero-order valence-corrected chi connectivity index (χ0v) is 8.87. The Morgan fingerprint density at radius 3 is 2.47 bits per heavy atom. The summed E-state index contributed by atoms with van der Waals surface area (Å²) in [5.41, 5.74) is 3.21. The first-order valence-corrected chi connectivity index (χ1v) is 4.98. The van der Waals surface area contributed by atoms with Crippen molar-refractivity contribution in [1.29, 1.82) is 0 Å². The first-order chi connectivity index (χ1) is 7.18. The summed E-state index contributed by atoms with van der Waals surface area (Å²) in [7, 11) is 0. The molecule has 1 atom stereocenters. The van der Waals surface area contributed by atoms with Crippen molar-refractivity contribution in [1.82, 2.24) is 10.6 Å². The molecule has 0 saturated heterocycles. The predicted octanol–water partition coefficient (Wildman–Crippen LogP) is 2.33. The van der Waals surface area contributed by atoms with E-state index in [1.54, 1.807) is 0 Å². The van der Waals surface area contributed by atoms with Crippen molar-refractivity contribution >= 4 is 6.03 Å². The van der Waals surface area contributed by atoms with Gasteiger partial charge in [0.05, 0.1) is 6.04 Å². The number of hydrogen-bond acceptors (Lipinski definition) is 1. The molecule has 0 bridgehead atoms. The third kappa shape index (κ3) is 1.86. The number of hydrogen-bond donors (Lipinski definition) is 2. The average Bonchev–Trinajstić information content (AvgIpc) is 2.24. The molecular formula is C12H14N2O. The van der Waals surface area contributed by atoms with Gasteiger partial charge in [-0.2, -0.15) is 0 Å². The van der Waals surface area contributed by atoms with Crippen molar-refractivity contribution in [3.8, 4) is 0 Å². The molecule has 78 valence electrons. The van der Waals surface area contributed by atoms with Crippen LogP contribution < -0.4 is 10.6 Å². The van der Waals surface area contributed by atoms with Gasteiger partial charge in [0.15, 0.2) is 0 Å². The summed E-state index contributed by atoms with van der Waals surface area (Å²) in [5.74, 6) is 0. The van der Waals surface area contributed by atoms with Gasteiger partial charge in [-0.05, 0) is 25.0 Å². The van der Waals surface area contributed by atoms with Crippen molar-refractivity contribution in [3.63, 3.8) is 0 Å². The Morgan fingerprint density at radius 2 is 1.80 bits per heavy atom. The molecule has 0 fully saturated rings. The van der Waals surface area contributed by atoms with Gasteiger partial charge in [-0.1, -0.05) is 30.3 Å². The first kappa shape index (κ1) is 9.77. The Bertz CT molecular complexity index is 409. The molecule has 2 rings (SSSR count). The van der Waals surface area contributed by atoms with E-state index in [9.17, 15) is 4.79 Å². The summed E-state index contributed by atoms with van der Waals surface area (Å²) >= 11 is 0. The molecule has 0 aromatic heterocycles. The number of allylic oxidation sites excluding steroid dienone is 1. The second-order valence-corrected chi connectivity index (χ2v) is 3.75. The van der Waals surface area contributed by atoms with Crippen LogP contribution >= 0.6 is 0 Å². The predicted molar refractivity (Wildman–Crippen MR) is 59.2 cm³/mol. The second kappa shape index (κ2) is 3.77. The van der Waals surface area contributed by atoms with Gasteiger partial charge in [-0.15, -0.1) is 0 Å². The third-order valence-electron chi connectivity index (χ3n) is 2.73. The standard InChI is InChI=1S/C12H14N2O/c1-8-9(2)13-12(15)14-11(8)10-6-4-3-5-7-10/h3-7,11H,1-2H3,(H2,13,14,15). The largest absolute Gasteiger partial charge is 0.327 e. The first-order valence-electron chi connectivity index (χ1n) is 4.98. The van der Waals surface area contributed by atoms with Crippen LogP contribution in [0.15, 0.2) is 41.6 Å². The fraction of sp³-hybridized carbons (Fsp3) is 0.250. The summed E-state index contributed by atoms with van der Waals surface area (Å²) in [6.07, 6.45) is 0. The lowest BCUT2D eigenvalue weighted by atomic mass is 9.97. The molecule has 2 amide bonds. The lowest BCUT2D eigenvalue weighted by molar-refractivity contribution is 0.238. The highest BCUT2D eigenvalue weighted by atomic mass is 16.2. The van der Waals surface area contributed by atoms with Crippen LogP contribution in [0.5, 0.6) is 0 Å². The topological polar surface area (TPSA) is 41.1 Å². The Morgan fingerprint density at radius 1 is 1.13 bits per heavy atom. The van der Waals surface area contributed by atoms with E-state index in [1.165, 1.54) is 0 Å². The van der Waals surface area contributed by atoms with Gasteiger partial charge < -0.3 is 10.6 Å². The number of amides is 2. The van der Waals surface area contributed by atoms with Gasteiger partial charge in [0.1, 0.15) is 0 Å². The summed E-state index contributed by atoms with van der Waals surface area (Å²) in [4.78, 5) is 11.3. The molecule has 3 heteroatoms. The van der Waals surface area contributed by atoms with Crippen molar-refractivity contribution in [3.05, 3.63) is 47.2 Å². The van der Waals surface area contributed by atoms with Gasteiger partial charge in [-0.25, -0.2) is 4.79 Å². The molecule has 0 radical (unpaired) electrons. The zero-order valence-electron chi connectivity index (χ0n) is 8.87. The molecule has 0 saturated carbocycles. The number of carbonyl (C=O) groups excluding carboxylic acids is 1. The highest BCUT2D eigenvalue weighted by molar-refractivity contribution is 5.78. The Balaban J connectivity index is 2.37. The number of nitrogens with one attached hydrogen (secondary N) is 2. The van der Waals surface area contributed by atoms with Crippen molar-refractivity contribution < 1.29 is 4.79 Å². The van der Waals surface area contributed by atoms with Crippen molar-refractivity contribution in [2.75, 3.05) is 0 Å². The minimum atomic E-state index is -0.132. The zero-order chi connectivity index (χ0) is 10.8. The van der Waals surface area contributed by atoms with Crippen LogP contribution in [0, 0.1) is 0 Å². The van der Waals surface area contributed by atoms with Crippen molar-refractivity contribution in [2.24, 2.45) is 0 Å². The highest BCUT2D eigenvalue weighted by Gasteiger charge is 2.22. The van der Waals surface area contributed by atoms with Crippen LogP contribution in [0.4, 0.5) is 4.79 Å². The Labute approximate surface area is 89.2 Å². The molecule has 3 nitrogen and oxygen atoms in total. The monoisotopic (exact) mass is 202 g/mol. The minimum absolute atomic E-state index is 0.0000463. The van der Waals surface area contributed by atoms with Crippen LogP contribution in [0.1, 0.15) is 25.5 Å². The third-order valence-corrected chi connectivity index (χ3v) is 2.73. The molecule has 1 aliphatic heterocycles. The number of rotatable bonds is 1. The van der Waals surface area contributed by atoms with Crippen LogP contribution in [0.2, 0.25) is 0 Å². The van der Waals surface area contributed by atoms with Gasteiger partial charge in [0.25, 0.3) is 0 Å². The molecule has 1 unspecified atom stereocenters. The molecular weight excluding hydrogens is 188 g/mol. The number of benzene rings is 1. The summed E-state index contributed by atoms with van der Waals surface area (Å²) in [6, 6.07) is 9.84. The quantitative estimate of drug-likeness (QED) is 0.721. The van der Waals surface area contributed by atoms with Crippen molar-refractivity contribution in [2.45, 2.75) is 19.9 Å². The highest BCUT2D eigenvalue weighted by Crippen LogP contribution is 2.25. The van der Waals surface area contributed by atoms with Crippen LogP contribution in [0.25, 0.3) is 0 Å². The van der Waals surface area contributed by atoms with Crippen LogP contribution in [0.3, 0.4) is 0 Å². The van der Waals surface area contributed by atoms with E-state index < -0.39 is 0 Å². The maximum Gasteiger partial charge on any atom is 0.319 e. The van der Waals surface area contributed by atoms with E-state index in [0.717, 1.165) is 16.8 Å².